The van der Waals surface area contributed by atoms with Crippen LogP contribution in [0.15, 0.2) is 146 Å². The molecule has 1 aliphatic carbocycles. The summed E-state index contributed by atoms with van der Waals surface area (Å²) >= 11 is 0. The first kappa shape index (κ1) is 48.2. The molecule has 1 fully saturated rings. The molecule has 0 unspecified atom stereocenters. The number of ether oxygens (including phenoxy) is 6. The number of hydrogen-bond donors (Lipinski definition) is 0. The summed E-state index contributed by atoms with van der Waals surface area (Å²) in [6.07, 6.45) is 2.75. The van der Waals surface area contributed by atoms with Gasteiger partial charge in [0.25, 0.3) is 0 Å². The number of carbonyl (C=O) groups is 3. The van der Waals surface area contributed by atoms with E-state index < -0.39 is 18.5 Å². The zero-order valence-corrected chi connectivity index (χ0v) is 36.1. The lowest BCUT2D eigenvalue weighted by molar-refractivity contribution is 0.150. The summed E-state index contributed by atoms with van der Waals surface area (Å²) in [4.78, 5) is 37.8. The van der Waals surface area contributed by atoms with Gasteiger partial charge in [-0.1, -0.05) is 148 Å². The molecule has 9 nitrogen and oxygen atoms in total. The third-order valence-electron chi connectivity index (χ3n) is 11.2. The van der Waals surface area contributed by atoms with E-state index >= 15 is 0 Å². The van der Waals surface area contributed by atoms with Gasteiger partial charge in [-0.05, 0) is 130 Å². The summed E-state index contributed by atoms with van der Waals surface area (Å²) < 4.78 is 32.7. The largest absolute Gasteiger partial charge is 0.519 e. The fraction of sp³-hybridized carbons (Fsp3) is 0.291. The van der Waals surface area contributed by atoms with E-state index in [0.29, 0.717) is 34.5 Å². The minimum absolute atomic E-state index is 0. The van der Waals surface area contributed by atoms with E-state index in [9.17, 15) is 14.4 Å². The summed E-state index contributed by atoms with van der Waals surface area (Å²) in [5.41, 5.74) is 5.99. The quantitative estimate of drug-likeness (QED) is 0.104. The van der Waals surface area contributed by atoms with Gasteiger partial charge in [0.15, 0.2) is 0 Å². The van der Waals surface area contributed by atoms with Crippen molar-refractivity contribution in [3.63, 3.8) is 0 Å². The first-order chi connectivity index (χ1) is 29.6. The molecule has 7 rings (SSSR count). The van der Waals surface area contributed by atoms with Crippen LogP contribution in [0.4, 0.5) is 14.4 Å². The Bertz CT molecular complexity index is 2450. The lowest BCUT2D eigenvalue weighted by atomic mass is 9.65. The van der Waals surface area contributed by atoms with E-state index in [1.807, 2.05) is 72.8 Å². The Kier molecular flexibility index (Phi) is 15.5. The molecule has 0 aliphatic heterocycles. The fourth-order valence-electron chi connectivity index (χ4n) is 7.70. The van der Waals surface area contributed by atoms with Gasteiger partial charge < -0.3 is 28.4 Å². The third-order valence-corrected chi connectivity index (χ3v) is 11.2. The van der Waals surface area contributed by atoms with Crippen LogP contribution in [0.2, 0.25) is 0 Å². The SMILES string of the molecule is C.C.CC(C)(C)c1ccc(OC(=O)Oc2ccc(-c3ccc(OC(=O)Oc4ccc(C5(c6ccc(OC(=O)Oc7ccc(C(C)(C)C)cc7)cc6)CCCCC5)cc4)cc3)cc2)cc1. The van der Waals surface area contributed by atoms with E-state index in [4.69, 9.17) is 28.4 Å². The zero-order valence-electron chi connectivity index (χ0n) is 36.1. The number of benzene rings is 6. The maximum absolute atomic E-state index is 12.8. The Balaban J connectivity index is 0.00000385. The summed E-state index contributed by atoms with van der Waals surface area (Å²) in [6.45, 7) is 12.7. The first-order valence-electron chi connectivity index (χ1n) is 20.9. The third kappa shape index (κ3) is 12.2. The second-order valence-corrected chi connectivity index (χ2v) is 17.7. The van der Waals surface area contributed by atoms with Gasteiger partial charge in [0.05, 0.1) is 0 Å². The van der Waals surface area contributed by atoms with Crippen LogP contribution in [-0.2, 0) is 16.2 Å². The van der Waals surface area contributed by atoms with Gasteiger partial charge in [-0.15, -0.1) is 0 Å². The zero-order chi connectivity index (χ0) is 43.9. The molecule has 0 heterocycles. The summed E-state index contributed by atoms with van der Waals surface area (Å²) in [6, 6.07) is 44.0. The van der Waals surface area contributed by atoms with Gasteiger partial charge in [-0.25, -0.2) is 14.4 Å². The van der Waals surface area contributed by atoms with E-state index in [-0.39, 0.29) is 31.1 Å². The topological polar surface area (TPSA) is 107 Å². The van der Waals surface area contributed by atoms with E-state index in [2.05, 4.69) is 41.5 Å². The van der Waals surface area contributed by atoms with Gasteiger partial charge >= 0.3 is 18.5 Å². The van der Waals surface area contributed by atoms with Crippen molar-refractivity contribution < 1.29 is 42.8 Å². The average Bonchev–Trinajstić information content (AvgIpc) is 3.25. The Hall–Kier alpha value is -6.87. The second-order valence-electron chi connectivity index (χ2n) is 17.7. The van der Waals surface area contributed by atoms with Crippen molar-refractivity contribution in [2.45, 2.75) is 105 Å². The molecule has 9 heteroatoms. The number of rotatable bonds is 9. The molecule has 6 aromatic rings. The molecule has 334 valence electrons. The molecule has 0 saturated heterocycles. The molecule has 6 aromatic carbocycles. The lowest BCUT2D eigenvalue weighted by Crippen LogP contribution is -2.30. The highest BCUT2D eigenvalue weighted by Gasteiger charge is 2.36. The van der Waals surface area contributed by atoms with Crippen LogP contribution < -0.4 is 28.4 Å². The maximum atomic E-state index is 12.8. The maximum Gasteiger partial charge on any atom is 0.519 e. The van der Waals surface area contributed by atoms with Crippen LogP contribution in [0, 0.1) is 0 Å². The molecular formula is C55H60O9. The average molecular weight is 865 g/mol. The van der Waals surface area contributed by atoms with Crippen molar-refractivity contribution in [2.75, 3.05) is 0 Å². The van der Waals surface area contributed by atoms with Gasteiger partial charge in [0, 0.05) is 5.41 Å². The molecule has 1 aliphatic rings. The molecule has 0 atom stereocenters. The van der Waals surface area contributed by atoms with Crippen molar-refractivity contribution >= 4 is 18.5 Å². The normalized spacial score (nSPS) is 13.2. The highest BCUT2D eigenvalue weighted by Crippen LogP contribution is 2.45. The molecule has 0 bridgehead atoms. The van der Waals surface area contributed by atoms with Crippen molar-refractivity contribution in [2.24, 2.45) is 0 Å². The van der Waals surface area contributed by atoms with E-state index in [1.165, 1.54) is 0 Å². The molecule has 0 radical (unpaired) electrons. The summed E-state index contributed by atoms with van der Waals surface area (Å²) in [7, 11) is 0. The first-order valence-corrected chi connectivity index (χ1v) is 20.9. The number of hydrogen-bond acceptors (Lipinski definition) is 9. The van der Waals surface area contributed by atoms with Crippen molar-refractivity contribution in [1.29, 1.82) is 0 Å². The van der Waals surface area contributed by atoms with Crippen LogP contribution in [0.25, 0.3) is 11.1 Å². The number of carbonyl (C=O) groups excluding carboxylic acids is 3. The molecule has 1 saturated carbocycles. The van der Waals surface area contributed by atoms with E-state index in [0.717, 1.165) is 65.5 Å². The minimum Gasteiger partial charge on any atom is -0.395 e. The Labute approximate surface area is 378 Å². The smallest absolute Gasteiger partial charge is 0.395 e. The van der Waals surface area contributed by atoms with Crippen molar-refractivity contribution in [3.05, 3.63) is 168 Å². The molecule has 0 aromatic heterocycles. The fourth-order valence-corrected chi connectivity index (χ4v) is 7.70. The predicted molar refractivity (Wildman–Crippen MR) is 252 cm³/mol. The molecule has 0 amide bonds. The Morgan fingerprint density at radius 3 is 0.844 bits per heavy atom. The van der Waals surface area contributed by atoms with Crippen molar-refractivity contribution in [3.8, 4) is 45.6 Å². The predicted octanol–water partition coefficient (Wildman–Crippen LogP) is 15.2. The monoisotopic (exact) mass is 864 g/mol. The minimum atomic E-state index is -0.854. The van der Waals surface area contributed by atoms with E-state index in [1.54, 1.807) is 72.8 Å². The van der Waals surface area contributed by atoms with Gasteiger partial charge in [0.1, 0.15) is 34.5 Å². The van der Waals surface area contributed by atoms with Crippen LogP contribution in [-0.4, -0.2) is 18.5 Å². The van der Waals surface area contributed by atoms with Gasteiger partial charge in [-0.3, -0.25) is 0 Å². The Morgan fingerprint density at radius 2 is 0.594 bits per heavy atom. The molecule has 64 heavy (non-hydrogen) atoms. The summed E-state index contributed by atoms with van der Waals surface area (Å²) in [5.74, 6) is 2.25. The van der Waals surface area contributed by atoms with Crippen LogP contribution in [0.5, 0.6) is 34.5 Å². The molecular weight excluding hydrogens is 805 g/mol. The highest BCUT2D eigenvalue weighted by atomic mass is 16.7. The molecule has 0 N–H and O–H groups in total. The van der Waals surface area contributed by atoms with Crippen LogP contribution in [0.3, 0.4) is 0 Å². The Morgan fingerprint density at radius 1 is 0.359 bits per heavy atom. The second kappa shape index (κ2) is 20.5. The van der Waals surface area contributed by atoms with Crippen molar-refractivity contribution in [1.82, 2.24) is 0 Å². The summed E-state index contributed by atoms with van der Waals surface area (Å²) in [5, 5.41) is 0. The van der Waals surface area contributed by atoms with Crippen LogP contribution in [0.1, 0.15) is 111 Å². The van der Waals surface area contributed by atoms with Crippen LogP contribution >= 0.6 is 0 Å². The van der Waals surface area contributed by atoms with Gasteiger partial charge in [0.2, 0.25) is 0 Å². The lowest BCUT2D eigenvalue weighted by Gasteiger charge is -2.38. The molecule has 0 spiro atoms. The van der Waals surface area contributed by atoms with Gasteiger partial charge in [-0.2, -0.15) is 0 Å². The standard InChI is InChI=1S/C53H52O9.2CH4/c1-51(2,3)38-14-26-44(27-15-38)59-48(54)57-42-22-10-36(11-23-42)37-12-24-43(25-13-37)58-49(55)61-46-30-18-40(19-31-46)53(34-8-7-9-35-53)41-20-32-47(33-21-41)62-50(56)60-45-28-16-39(17-29-45)52(4,5)6;;/h10-33H,7-9,34-35H2,1-6H3;2*1H4. The highest BCUT2D eigenvalue weighted by molar-refractivity contribution is 5.71.